The van der Waals surface area contributed by atoms with Crippen molar-refractivity contribution in [1.82, 2.24) is 10.2 Å². The van der Waals surface area contributed by atoms with E-state index in [1.807, 2.05) is 6.92 Å². The number of ether oxygens (including phenoxy) is 1. The van der Waals surface area contributed by atoms with E-state index >= 15 is 0 Å². The molecule has 2 N–H and O–H groups in total. The van der Waals surface area contributed by atoms with Gasteiger partial charge in [-0.1, -0.05) is 36.7 Å². The fourth-order valence-electron chi connectivity index (χ4n) is 2.84. The molecular weight excluding hydrogens is 396 g/mol. The van der Waals surface area contributed by atoms with Gasteiger partial charge in [0.2, 0.25) is 0 Å². The molecule has 2 aromatic carbocycles. The van der Waals surface area contributed by atoms with Crippen LogP contribution in [0.2, 0.25) is 5.02 Å². The summed E-state index contributed by atoms with van der Waals surface area (Å²) in [4.78, 5) is 36.3. The third-order valence-corrected chi connectivity index (χ3v) is 4.54. The summed E-state index contributed by atoms with van der Waals surface area (Å²) in [5, 5.41) is 11.9. The number of hydrogen-bond donors (Lipinski definition) is 2. The Labute approximate surface area is 172 Å². The zero-order chi connectivity index (χ0) is 21.0. The molecule has 3 rings (SSSR count). The molecule has 1 saturated heterocycles. The van der Waals surface area contributed by atoms with Crippen molar-refractivity contribution in [1.29, 1.82) is 0 Å². The summed E-state index contributed by atoms with van der Waals surface area (Å²) in [5.41, 5.74) is 1.71. The number of urea groups is 1. The fraction of sp³-hybridized carbons (Fsp3) is 0.190. The zero-order valence-electron chi connectivity index (χ0n) is 15.6. The van der Waals surface area contributed by atoms with Crippen LogP contribution in [0.4, 0.5) is 4.79 Å². The first-order valence-corrected chi connectivity index (χ1v) is 9.36. The van der Waals surface area contributed by atoms with Crippen molar-refractivity contribution in [2.24, 2.45) is 0 Å². The van der Waals surface area contributed by atoms with E-state index in [1.165, 1.54) is 12.1 Å². The molecule has 0 aliphatic carbocycles. The van der Waals surface area contributed by atoms with Gasteiger partial charge in [-0.3, -0.25) is 9.69 Å². The van der Waals surface area contributed by atoms with Crippen LogP contribution in [0, 0.1) is 0 Å². The average Bonchev–Trinajstić information content (AvgIpc) is 2.95. The second kappa shape index (κ2) is 8.79. The number of nitrogens with zero attached hydrogens (tertiary/aromatic N) is 1. The van der Waals surface area contributed by atoms with E-state index in [2.05, 4.69) is 5.32 Å². The Kier molecular flexibility index (Phi) is 6.19. The number of carbonyl (C=O) groups excluding carboxylic acids is 2. The molecule has 1 heterocycles. The number of imide groups is 1. The van der Waals surface area contributed by atoms with Crippen LogP contribution in [-0.2, 0) is 11.4 Å². The Morgan fingerprint density at radius 3 is 2.72 bits per heavy atom. The van der Waals surface area contributed by atoms with Gasteiger partial charge in [0, 0.05) is 6.54 Å². The summed E-state index contributed by atoms with van der Waals surface area (Å²) >= 11 is 6.28. The lowest BCUT2D eigenvalue weighted by molar-refractivity contribution is -0.122. The van der Waals surface area contributed by atoms with Gasteiger partial charge < -0.3 is 15.2 Å². The average molecular weight is 415 g/mol. The number of carboxylic acids is 1. The van der Waals surface area contributed by atoms with Crippen LogP contribution in [0.5, 0.6) is 5.75 Å². The second-order valence-corrected chi connectivity index (χ2v) is 6.84. The minimum absolute atomic E-state index is 0.155. The van der Waals surface area contributed by atoms with E-state index in [1.54, 1.807) is 36.4 Å². The number of carboxylic acid groups (broad SMARTS) is 1. The maximum absolute atomic E-state index is 12.3. The van der Waals surface area contributed by atoms with Crippen LogP contribution in [0.3, 0.4) is 0 Å². The summed E-state index contributed by atoms with van der Waals surface area (Å²) in [6, 6.07) is 11.0. The molecular formula is C21H19ClN2O5. The van der Waals surface area contributed by atoms with Gasteiger partial charge in [0.25, 0.3) is 5.91 Å². The third kappa shape index (κ3) is 4.75. The SMILES string of the molecule is CCCN1C(=O)N/C(=C/c2ccc(OCc3cccc(C(=O)O)c3)c(Cl)c2)C1=O. The topological polar surface area (TPSA) is 95.9 Å². The molecule has 0 bridgehead atoms. The number of halogens is 1. The molecule has 8 heteroatoms. The smallest absolute Gasteiger partial charge is 0.335 e. The molecule has 3 amide bonds. The fourth-order valence-corrected chi connectivity index (χ4v) is 3.09. The Bertz CT molecular complexity index is 1000. The first kappa shape index (κ1) is 20.4. The largest absolute Gasteiger partial charge is 0.487 e. The van der Waals surface area contributed by atoms with Crippen molar-refractivity contribution < 1.29 is 24.2 Å². The lowest BCUT2D eigenvalue weighted by Gasteiger charge is -2.10. The van der Waals surface area contributed by atoms with Crippen LogP contribution >= 0.6 is 11.6 Å². The van der Waals surface area contributed by atoms with Crippen LogP contribution in [0.15, 0.2) is 48.2 Å². The van der Waals surface area contributed by atoms with E-state index in [0.29, 0.717) is 34.9 Å². The Hall–Kier alpha value is -3.32. The molecule has 0 saturated carbocycles. The predicted octanol–water partition coefficient (Wildman–Crippen LogP) is 3.92. The Balaban J connectivity index is 1.71. The molecule has 150 valence electrons. The van der Waals surface area contributed by atoms with Crippen molar-refractivity contribution in [3.63, 3.8) is 0 Å². The number of amides is 3. The van der Waals surface area contributed by atoms with E-state index in [9.17, 15) is 14.4 Å². The Morgan fingerprint density at radius 1 is 1.24 bits per heavy atom. The van der Waals surface area contributed by atoms with E-state index in [-0.39, 0.29) is 23.8 Å². The van der Waals surface area contributed by atoms with Gasteiger partial charge >= 0.3 is 12.0 Å². The van der Waals surface area contributed by atoms with Gasteiger partial charge in [-0.2, -0.15) is 0 Å². The first-order valence-electron chi connectivity index (χ1n) is 8.98. The zero-order valence-corrected chi connectivity index (χ0v) is 16.4. The highest BCUT2D eigenvalue weighted by molar-refractivity contribution is 6.32. The minimum atomic E-state index is -1.01. The summed E-state index contributed by atoms with van der Waals surface area (Å²) in [6.45, 7) is 2.40. The monoisotopic (exact) mass is 414 g/mol. The van der Waals surface area contributed by atoms with Gasteiger partial charge in [-0.05, 0) is 47.9 Å². The molecule has 7 nitrogen and oxygen atoms in total. The van der Waals surface area contributed by atoms with E-state index in [4.69, 9.17) is 21.4 Å². The summed E-state index contributed by atoms with van der Waals surface area (Å²) in [6.07, 6.45) is 2.24. The number of rotatable bonds is 7. The molecule has 0 atom stereocenters. The molecule has 1 aliphatic heterocycles. The highest BCUT2D eigenvalue weighted by atomic mass is 35.5. The van der Waals surface area contributed by atoms with Gasteiger partial charge in [-0.15, -0.1) is 0 Å². The second-order valence-electron chi connectivity index (χ2n) is 6.43. The van der Waals surface area contributed by atoms with Gasteiger partial charge in [0.1, 0.15) is 18.1 Å². The third-order valence-electron chi connectivity index (χ3n) is 4.24. The molecule has 1 fully saturated rings. The molecule has 1 aliphatic rings. The van der Waals surface area contributed by atoms with Crippen molar-refractivity contribution >= 4 is 35.6 Å². The van der Waals surface area contributed by atoms with Crippen LogP contribution < -0.4 is 10.1 Å². The number of carbonyl (C=O) groups is 3. The highest BCUT2D eigenvalue weighted by Gasteiger charge is 2.32. The van der Waals surface area contributed by atoms with Crippen LogP contribution in [-0.4, -0.2) is 34.5 Å². The molecule has 0 spiro atoms. The molecule has 0 radical (unpaired) electrons. The number of aromatic carboxylic acids is 1. The maximum Gasteiger partial charge on any atom is 0.335 e. The lowest BCUT2D eigenvalue weighted by atomic mass is 10.1. The lowest BCUT2D eigenvalue weighted by Crippen LogP contribution is -2.31. The van der Waals surface area contributed by atoms with Gasteiger partial charge in [-0.25, -0.2) is 9.59 Å². The van der Waals surface area contributed by atoms with Crippen molar-refractivity contribution in [3.05, 3.63) is 69.9 Å². The number of hydrogen-bond acceptors (Lipinski definition) is 4. The summed E-state index contributed by atoms with van der Waals surface area (Å²) in [5.74, 6) is -0.955. The first-order chi connectivity index (χ1) is 13.9. The van der Waals surface area contributed by atoms with Crippen molar-refractivity contribution in [2.75, 3.05) is 6.54 Å². The Morgan fingerprint density at radius 2 is 2.03 bits per heavy atom. The summed E-state index contributed by atoms with van der Waals surface area (Å²) in [7, 11) is 0. The predicted molar refractivity (Wildman–Crippen MR) is 108 cm³/mol. The number of benzene rings is 2. The molecule has 0 unspecified atom stereocenters. The molecule has 0 aromatic heterocycles. The van der Waals surface area contributed by atoms with Crippen LogP contribution in [0.25, 0.3) is 6.08 Å². The summed E-state index contributed by atoms with van der Waals surface area (Å²) < 4.78 is 5.68. The standard InChI is InChI=1S/C21H19ClN2O5/c1-2-8-24-19(25)17(23-21(24)28)11-13-6-7-18(16(22)10-13)29-12-14-4-3-5-15(9-14)20(26)27/h3-7,9-11H,2,8,12H2,1H3,(H,23,28)(H,26,27)/b17-11+. The van der Waals surface area contributed by atoms with Gasteiger partial charge in [0.05, 0.1) is 10.6 Å². The maximum atomic E-state index is 12.3. The quantitative estimate of drug-likeness (QED) is 0.528. The van der Waals surface area contributed by atoms with Crippen molar-refractivity contribution in [3.8, 4) is 5.75 Å². The normalized spacial score (nSPS) is 15.0. The minimum Gasteiger partial charge on any atom is -0.487 e. The number of nitrogens with one attached hydrogen (secondary N) is 1. The van der Waals surface area contributed by atoms with Crippen LogP contribution in [0.1, 0.15) is 34.8 Å². The highest BCUT2D eigenvalue weighted by Crippen LogP contribution is 2.28. The van der Waals surface area contributed by atoms with Gasteiger partial charge in [0.15, 0.2) is 0 Å². The molecule has 2 aromatic rings. The van der Waals surface area contributed by atoms with E-state index in [0.717, 1.165) is 4.90 Å². The van der Waals surface area contributed by atoms with Crippen molar-refractivity contribution in [2.45, 2.75) is 20.0 Å². The van der Waals surface area contributed by atoms with E-state index < -0.39 is 12.0 Å². The molecule has 29 heavy (non-hydrogen) atoms.